The molecular formula is C24H38N5O2+. The lowest BCUT2D eigenvalue weighted by molar-refractivity contribution is -0.144. The lowest BCUT2D eigenvalue weighted by Crippen LogP contribution is -2.66. The van der Waals surface area contributed by atoms with Crippen molar-refractivity contribution in [2.75, 3.05) is 79.5 Å². The molecule has 2 aromatic rings. The Hall–Kier alpha value is -1.93. The van der Waals surface area contributed by atoms with Crippen LogP contribution < -0.4 is 4.59 Å². The topological polar surface area (TPSA) is 52.0 Å². The number of para-hydroxylation sites is 1. The molecule has 7 nitrogen and oxygen atoms in total. The number of quaternary nitrogens is 1. The minimum absolute atomic E-state index is 0.266. The maximum absolute atomic E-state index is 11.9. The Morgan fingerprint density at radius 3 is 2.52 bits per heavy atom. The van der Waals surface area contributed by atoms with Crippen molar-refractivity contribution in [3.05, 3.63) is 36.5 Å². The zero-order valence-corrected chi connectivity index (χ0v) is 19.1. The van der Waals surface area contributed by atoms with Crippen LogP contribution in [0.4, 0.5) is 0 Å². The number of aromatic nitrogens is 1. The molecular weight excluding hydrogens is 390 g/mol. The van der Waals surface area contributed by atoms with Gasteiger partial charge in [-0.05, 0) is 39.1 Å². The molecule has 1 aromatic carbocycles. The van der Waals surface area contributed by atoms with Crippen molar-refractivity contribution in [3.8, 4) is 0 Å². The standard InChI is InChI=1S/C24H37N5O2/c1-25(2)11-12-26-13-15-27(16-14-26)17-19-29(18-5-7-22(20-29)24(30)31)28-10-9-21-6-3-4-8-23(21)28/h3-4,6,8-10,22H,5,7,11-20H2,1-2H3/p+1. The zero-order valence-electron chi connectivity index (χ0n) is 19.1. The molecule has 2 atom stereocenters. The molecule has 170 valence electrons. The van der Waals surface area contributed by atoms with Gasteiger partial charge >= 0.3 is 5.97 Å². The van der Waals surface area contributed by atoms with Crippen LogP contribution in [-0.4, -0.2) is 110 Å². The molecule has 0 saturated carbocycles. The third-order valence-corrected chi connectivity index (χ3v) is 7.23. The average Bonchev–Trinajstić information content (AvgIpc) is 3.22. The van der Waals surface area contributed by atoms with Crippen molar-refractivity contribution in [2.45, 2.75) is 12.8 Å². The van der Waals surface area contributed by atoms with Gasteiger partial charge in [-0.25, -0.2) is 4.59 Å². The third-order valence-electron chi connectivity index (χ3n) is 7.23. The second kappa shape index (κ2) is 9.69. The number of carboxylic acids is 1. The Morgan fingerprint density at radius 1 is 1.10 bits per heavy atom. The maximum atomic E-state index is 11.9. The number of hydrogen-bond acceptors (Lipinski definition) is 4. The van der Waals surface area contributed by atoms with Gasteiger partial charge in [0.15, 0.2) is 0 Å². The molecule has 1 aromatic heterocycles. The summed E-state index contributed by atoms with van der Waals surface area (Å²) in [6.07, 6.45) is 3.93. The highest BCUT2D eigenvalue weighted by Gasteiger charge is 2.41. The number of likely N-dealkylation sites (N-methyl/N-ethyl adjacent to an activating group) is 1. The van der Waals surface area contributed by atoms with Crippen LogP contribution in [0, 0.1) is 5.92 Å². The van der Waals surface area contributed by atoms with Crippen LogP contribution in [0.1, 0.15) is 12.8 Å². The molecule has 2 unspecified atom stereocenters. The Kier molecular flexibility index (Phi) is 6.96. The van der Waals surface area contributed by atoms with Gasteiger partial charge in [0.05, 0.1) is 12.7 Å². The second-order valence-corrected chi connectivity index (χ2v) is 9.61. The van der Waals surface area contributed by atoms with Gasteiger partial charge in [0.1, 0.15) is 31.1 Å². The minimum atomic E-state index is -0.645. The van der Waals surface area contributed by atoms with Crippen molar-refractivity contribution >= 4 is 16.9 Å². The van der Waals surface area contributed by atoms with Crippen molar-refractivity contribution in [3.63, 3.8) is 0 Å². The van der Waals surface area contributed by atoms with Crippen LogP contribution in [0.25, 0.3) is 10.9 Å². The van der Waals surface area contributed by atoms with Crippen LogP contribution in [0.3, 0.4) is 0 Å². The highest BCUT2D eigenvalue weighted by molar-refractivity contribution is 5.80. The molecule has 4 rings (SSSR count). The average molecular weight is 429 g/mol. The molecule has 0 aliphatic carbocycles. The lowest BCUT2D eigenvalue weighted by Gasteiger charge is -2.45. The molecule has 2 saturated heterocycles. The summed E-state index contributed by atoms with van der Waals surface area (Å²) in [7, 11) is 4.26. The number of aliphatic carboxylic acids is 1. The monoisotopic (exact) mass is 428 g/mol. The van der Waals surface area contributed by atoms with Crippen molar-refractivity contribution in [2.24, 2.45) is 5.92 Å². The summed E-state index contributed by atoms with van der Waals surface area (Å²) in [6, 6.07) is 10.6. The number of piperazine rings is 1. The van der Waals surface area contributed by atoms with E-state index in [4.69, 9.17) is 0 Å². The van der Waals surface area contributed by atoms with Crippen LogP contribution >= 0.6 is 0 Å². The van der Waals surface area contributed by atoms with E-state index >= 15 is 0 Å². The van der Waals surface area contributed by atoms with E-state index in [0.29, 0.717) is 6.54 Å². The molecule has 0 spiro atoms. The third kappa shape index (κ3) is 5.12. The Balaban J connectivity index is 1.47. The molecule has 0 bridgehead atoms. The number of fused-ring (bicyclic) bond motifs is 1. The maximum Gasteiger partial charge on any atom is 0.312 e. The van der Waals surface area contributed by atoms with Crippen molar-refractivity contribution < 1.29 is 9.90 Å². The number of benzene rings is 1. The summed E-state index contributed by atoms with van der Waals surface area (Å²) in [4.78, 5) is 19.3. The van der Waals surface area contributed by atoms with Crippen LogP contribution in [-0.2, 0) is 4.79 Å². The minimum Gasteiger partial charge on any atom is -0.481 e. The van der Waals surface area contributed by atoms with Gasteiger partial charge in [0, 0.05) is 44.7 Å². The molecule has 3 heterocycles. The van der Waals surface area contributed by atoms with Gasteiger partial charge in [0.2, 0.25) is 0 Å². The first kappa shape index (κ1) is 22.3. The fourth-order valence-electron chi connectivity index (χ4n) is 5.28. The summed E-state index contributed by atoms with van der Waals surface area (Å²) >= 11 is 0. The zero-order chi connectivity index (χ0) is 21.8. The number of rotatable bonds is 8. The second-order valence-electron chi connectivity index (χ2n) is 9.61. The fourth-order valence-corrected chi connectivity index (χ4v) is 5.28. The number of likely N-dealkylation sites (tertiary alicyclic amines) is 1. The Morgan fingerprint density at radius 2 is 1.81 bits per heavy atom. The predicted molar refractivity (Wildman–Crippen MR) is 126 cm³/mol. The van der Waals surface area contributed by atoms with Gasteiger partial charge in [-0.15, -0.1) is 0 Å². The summed E-state index contributed by atoms with van der Waals surface area (Å²) in [5.41, 5.74) is 1.21. The van der Waals surface area contributed by atoms with Crippen LogP contribution in [0.2, 0.25) is 0 Å². The molecule has 31 heavy (non-hydrogen) atoms. The van der Waals surface area contributed by atoms with Gasteiger partial charge in [-0.1, -0.05) is 18.2 Å². The predicted octanol–water partition coefficient (Wildman–Crippen LogP) is 1.75. The molecule has 1 N–H and O–H groups in total. The number of nitrogens with zero attached hydrogens (tertiary/aromatic N) is 5. The largest absolute Gasteiger partial charge is 0.481 e. The first-order valence-corrected chi connectivity index (χ1v) is 11.7. The summed E-state index contributed by atoms with van der Waals surface area (Å²) in [5.74, 6) is -0.911. The molecule has 2 aliphatic heterocycles. The quantitative estimate of drug-likeness (QED) is 0.650. The summed E-state index contributed by atoms with van der Waals surface area (Å²) < 4.78 is 3.09. The number of piperidine rings is 1. The van der Waals surface area contributed by atoms with E-state index in [1.165, 1.54) is 10.9 Å². The van der Waals surface area contributed by atoms with E-state index in [1.807, 2.05) is 0 Å². The van der Waals surface area contributed by atoms with Gasteiger partial charge in [0.25, 0.3) is 0 Å². The van der Waals surface area contributed by atoms with E-state index < -0.39 is 5.97 Å². The summed E-state index contributed by atoms with van der Waals surface area (Å²) in [6.45, 7) is 10.3. The van der Waals surface area contributed by atoms with Crippen molar-refractivity contribution in [1.29, 1.82) is 0 Å². The molecule has 7 heteroatoms. The van der Waals surface area contributed by atoms with E-state index in [9.17, 15) is 9.90 Å². The number of carbonyl (C=O) groups is 1. The Labute approximate surface area is 186 Å². The lowest BCUT2D eigenvalue weighted by atomic mass is 9.97. The number of hydrogen-bond donors (Lipinski definition) is 1. The highest BCUT2D eigenvalue weighted by atomic mass is 16.4. The molecule has 0 amide bonds. The first-order chi connectivity index (χ1) is 15.0. The molecule has 2 aliphatic rings. The van der Waals surface area contributed by atoms with Crippen LogP contribution in [0.5, 0.6) is 0 Å². The van der Waals surface area contributed by atoms with E-state index in [2.05, 4.69) is 70.0 Å². The Bertz CT molecular complexity index is 874. The van der Waals surface area contributed by atoms with E-state index in [1.54, 1.807) is 0 Å². The van der Waals surface area contributed by atoms with Gasteiger partial charge < -0.3 is 10.0 Å². The van der Waals surface area contributed by atoms with E-state index in [-0.39, 0.29) is 5.92 Å². The van der Waals surface area contributed by atoms with Crippen LogP contribution in [0.15, 0.2) is 36.5 Å². The smallest absolute Gasteiger partial charge is 0.312 e. The fraction of sp³-hybridized carbons (Fsp3) is 0.625. The normalized spacial score (nSPS) is 26.0. The summed E-state index contributed by atoms with van der Waals surface area (Å²) in [5, 5.41) is 11.0. The SMILES string of the molecule is CN(C)CCN1CCN(CC[N+]2(n3ccc4ccccc43)CCCC(C(=O)O)C2)CC1. The van der Waals surface area contributed by atoms with Crippen molar-refractivity contribution in [1.82, 2.24) is 24.0 Å². The number of carboxylic acid groups (broad SMARTS) is 1. The van der Waals surface area contributed by atoms with Gasteiger partial charge in [-0.3, -0.25) is 14.6 Å². The van der Waals surface area contributed by atoms with Gasteiger partial charge in [-0.2, -0.15) is 4.68 Å². The highest BCUT2D eigenvalue weighted by Crippen LogP contribution is 2.27. The van der Waals surface area contributed by atoms with E-state index in [0.717, 1.165) is 76.3 Å². The first-order valence-electron chi connectivity index (χ1n) is 11.7. The molecule has 0 radical (unpaired) electrons. The molecule has 2 fully saturated rings.